The maximum atomic E-state index is 12.1. The van der Waals surface area contributed by atoms with Gasteiger partial charge in [0.25, 0.3) is 0 Å². The number of carboxylic acid groups (broad SMARTS) is 1. The number of carbonyl (C=O) groups excluding carboxylic acids is 1. The Labute approximate surface area is 194 Å². The summed E-state index contributed by atoms with van der Waals surface area (Å²) in [5.41, 5.74) is 2.65. The summed E-state index contributed by atoms with van der Waals surface area (Å²) < 4.78 is 16.8. The molecule has 0 bridgehead atoms. The molecule has 1 N–H and O–H groups in total. The number of aromatic nitrogens is 1. The summed E-state index contributed by atoms with van der Waals surface area (Å²) in [5.74, 6) is 0.0780. The third-order valence-electron chi connectivity index (χ3n) is 5.75. The third-order valence-corrected chi connectivity index (χ3v) is 5.75. The molecule has 0 unspecified atom stereocenters. The Morgan fingerprint density at radius 3 is 2.55 bits per heavy atom. The number of methoxy groups -OCH3 is 1. The zero-order valence-electron chi connectivity index (χ0n) is 19.3. The molecule has 8 nitrogen and oxygen atoms in total. The second-order valence-corrected chi connectivity index (χ2v) is 8.20. The molecule has 0 saturated carbocycles. The molecule has 1 aromatic carbocycles. The number of hydrogen-bond acceptors (Lipinski definition) is 6. The van der Waals surface area contributed by atoms with Gasteiger partial charge in [0.2, 0.25) is 0 Å². The second kappa shape index (κ2) is 12.2. The van der Waals surface area contributed by atoms with Crippen molar-refractivity contribution >= 4 is 12.1 Å². The number of hydrogen-bond donors (Lipinski definition) is 1. The van der Waals surface area contributed by atoms with E-state index in [-0.39, 0.29) is 11.8 Å². The van der Waals surface area contributed by atoms with Crippen molar-refractivity contribution in [1.82, 2.24) is 9.88 Å². The van der Waals surface area contributed by atoms with Crippen LogP contribution in [0.2, 0.25) is 0 Å². The van der Waals surface area contributed by atoms with Crippen LogP contribution in [0.5, 0.6) is 5.75 Å². The van der Waals surface area contributed by atoms with E-state index >= 15 is 0 Å². The van der Waals surface area contributed by atoms with Gasteiger partial charge in [-0.3, -0.25) is 0 Å². The fraction of sp³-hybridized carbons (Fsp3) is 0.480. The van der Waals surface area contributed by atoms with Crippen LogP contribution in [0.1, 0.15) is 48.7 Å². The molecule has 1 aromatic heterocycles. The molecule has 0 atom stereocenters. The van der Waals surface area contributed by atoms with Crippen LogP contribution >= 0.6 is 0 Å². The van der Waals surface area contributed by atoms with E-state index in [9.17, 15) is 9.59 Å². The highest BCUT2D eigenvalue weighted by Gasteiger charge is 2.24. The monoisotopic (exact) mass is 456 g/mol. The number of nitrogens with zero attached hydrogens (tertiary/aromatic N) is 2. The van der Waals surface area contributed by atoms with Gasteiger partial charge in [0.1, 0.15) is 11.4 Å². The van der Waals surface area contributed by atoms with Crippen molar-refractivity contribution in [2.75, 3.05) is 33.4 Å². The van der Waals surface area contributed by atoms with Crippen LogP contribution in [0, 0.1) is 5.92 Å². The van der Waals surface area contributed by atoms with E-state index in [1.54, 1.807) is 24.3 Å². The lowest BCUT2D eigenvalue weighted by Crippen LogP contribution is -2.40. The van der Waals surface area contributed by atoms with Crippen molar-refractivity contribution in [3.8, 4) is 16.9 Å². The van der Waals surface area contributed by atoms with Gasteiger partial charge < -0.3 is 24.2 Å². The first kappa shape index (κ1) is 24.5. The molecule has 8 heteroatoms. The van der Waals surface area contributed by atoms with Crippen molar-refractivity contribution in [2.24, 2.45) is 5.92 Å². The highest BCUT2D eigenvalue weighted by Crippen LogP contribution is 2.28. The fourth-order valence-electron chi connectivity index (χ4n) is 3.74. The Kier molecular flexibility index (Phi) is 9.06. The largest absolute Gasteiger partial charge is 0.493 e. The average molecular weight is 457 g/mol. The Balaban J connectivity index is 1.56. The molecule has 2 heterocycles. The zero-order valence-corrected chi connectivity index (χ0v) is 19.3. The van der Waals surface area contributed by atoms with Gasteiger partial charge in [0.15, 0.2) is 0 Å². The quantitative estimate of drug-likeness (QED) is 0.521. The first-order valence-corrected chi connectivity index (χ1v) is 11.4. The van der Waals surface area contributed by atoms with E-state index < -0.39 is 5.97 Å². The highest BCUT2D eigenvalue weighted by molar-refractivity contribution is 5.85. The number of rotatable bonds is 10. The van der Waals surface area contributed by atoms with Crippen molar-refractivity contribution in [1.29, 1.82) is 0 Å². The van der Waals surface area contributed by atoms with Crippen LogP contribution < -0.4 is 4.74 Å². The van der Waals surface area contributed by atoms with Crippen LogP contribution in [0.25, 0.3) is 11.1 Å². The van der Waals surface area contributed by atoms with Gasteiger partial charge in [0, 0.05) is 37.5 Å². The number of benzene rings is 1. The SMILES string of the molecule is CCCCOC(=O)N1CCC(COc2ccc(-c3ccc(C(=O)O)nc3)cc2COC)CC1. The smallest absolute Gasteiger partial charge is 0.409 e. The van der Waals surface area contributed by atoms with Crippen LogP contribution in [-0.4, -0.2) is 60.5 Å². The van der Waals surface area contributed by atoms with E-state index in [2.05, 4.69) is 11.9 Å². The van der Waals surface area contributed by atoms with Gasteiger partial charge in [-0.15, -0.1) is 0 Å². The fourth-order valence-corrected chi connectivity index (χ4v) is 3.74. The van der Waals surface area contributed by atoms with Crippen LogP contribution in [-0.2, 0) is 16.1 Å². The maximum Gasteiger partial charge on any atom is 0.409 e. The molecule has 178 valence electrons. The number of pyridine rings is 1. The lowest BCUT2D eigenvalue weighted by atomic mass is 9.98. The van der Waals surface area contributed by atoms with Gasteiger partial charge in [-0.25, -0.2) is 14.6 Å². The summed E-state index contributed by atoms with van der Waals surface area (Å²) in [6.45, 7) is 4.89. The van der Waals surface area contributed by atoms with Gasteiger partial charge >= 0.3 is 12.1 Å². The van der Waals surface area contributed by atoms with Gasteiger partial charge in [-0.05, 0) is 48.9 Å². The molecular formula is C25H32N2O6. The topological polar surface area (TPSA) is 98.2 Å². The van der Waals surface area contributed by atoms with Gasteiger partial charge in [-0.2, -0.15) is 0 Å². The van der Waals surface area contributed by atoms with Crippen molar-refractivity contribution in [2.45, 2.75) is 39.2 Å². The lowest BCUT2D eigenvalue weighted by Gasteiger charge is -2.31. The van der Waals surface area contributed by atoms with E-state index in [1.165, 1.54) is 6.07 Å². The molecule has 1 fully saturated rings. The molecule has 3 rings (SSSR count). The Morgan fingerprint density at radius 2 is 1.91 bits per heavy atom. The van der Waals surface area contributed by atoms with E-state index in [1.807, 2.05) is 18.2 Å². The van der Waals surface area contributed by atoms with Crippen molar-refractivity contribution < 1.29 is 28.9 Å². The molecule has 0 aliphatic carbocycles. The maximum absolute atomic E-state index is 12.1. The minimum atomic E-state index is -1.05. The molecule has 1 aliphatic heterocycles. The molecule has 2 aromatic rings. The number of piperidine rings is 1. The Hall–Kier alpha value is -3.13. The van der Waals surface area contributed by atoms with Crippen LogP contribution in [0.15, 0.2) is 36.5 Å². The number of carbonyl (C=O) groups is 2. The van der Waals surface area contributed by atoms with Gasteiger partial charge in [-0.1, -0.05) is 25.5 Å². The molecule has 1 saturated heterocycles. The second-order valence-electron chi connectivity index (χ2n) is 8.20. The Morgan fingerprint density at radius 1 is 1.15 bits per heavy atom. The Bertz CT molecular complexity index is 923. The summed E-state index contributed by atoms with van der Waals surface area (Å²) in [4.78, 5) is 28.9. The molecule has 33 heavy (non-hydrogen) atoms. The third kappa shape index (κ3) is 6.92. The number of unbranched alkanes of at least 4 members (excludes halogenated alkanes) is 1. The summed E-state index contributed by atoms with van der Waals surface area (Å²) >= 11 is 0. The standard InChI is InChI=1S/C25H32N2O6/c1-3-4-13-32-25(30)27-11-9-18(10-12-27)16-33-23-8-6-19(14-21(23)17-31-2)20-5-7-22(24(28)29)26-15-20/h5-8,14-15,18H,3-4,9-13,16-17H2,1-2H3,(H,28,29). The number of ether oxygens (including phenoxy) is 3. The molecule has 0 radical (unpaired) electrons. The lowest BCUT2D eigenvalue weighted by molar-refractivity contribution is 0.0690. The number of carboxylic acids is 1. The summed E-state index contributed by atoms with van der Waals surface area (Å²) in [6, 6.07) is 9.05. The molecule has 1 aliphatic rings. The van der Waals surface area contributed by atoms with Crippen molar-refractivity contribution in [3.05, 3.63) is 47.8 Å². The summed E-state index contributed by atoms with van der Waals surface area (Å²) in [6.07, 6.45) is 4.99. The first-order valence-electron chi connectivity index (χ1n) is 11.4. The predicted molar refractivity (Wildman–Crippen MR) is 123 cm³/mol. The normalized spacial score (nSPS) is 14.2. The number of aromatic carboxylic acids is 1. The van der Waals surface area contributed by atoms with E-state index in [0.29, 0.717) is 38.8 Å². The summed E-state index contributed by atoms with van der Waals surface area (Å²) in [7, 11) is 1.63. The number of likely N-dealkylation sites (tertiary alicyclic amines) is 1. The van der Waals surface area contributed by atoms with Gasteiger partial charge in [0.05, 0.1) is 19.8 Å². The van der Waals surface area contributed by atoms with Crippen molar-refractivity contribution in [3.63, 3.8) is 0 Å². The zero-order chi connectivity index (χ0) is 23.6. The minimum absolute atomic E-state index is 0.0103. The van der Waals surface area contributed by atoms with Crippen LogP contribution in [0.4, 0.5) is 4.79 Å². The average Bonchev–Trinajstić information content (AvgIpc) is 2.84. The first-order chi connectivity index (χ1) is 16.0. The molecule has 1 amide bonds. The predicted octanol–water partition coefficient (Wildman–Crippen LogP) is 4.62. The van der Waals surface area contributed by atoms with E-state index in [0.717, 1.165) is 48.1 Å². The molecule has 0 spiro atoms. The molecular weight excluding hydrogens is 424 g/mol. The van der Waals surface area contributed by atoms with E-state index in [4.69, 9.17) is 19.3 Å². The minimum Gasteiger partial charge on any atom is -0.493 e. The summed E-state index contributed by atoms with van der Waals surface area (Å²) in [5, 5.41) is 9.03. The number of amides is 1. The highest BCUT2D eigenvalue weighted by atomic mass is 16.6. The van der Waals surface area contributed by atoms with Crippen LogP contribution in [0.3, 0.4) is 0 Å².